The molecule has 3 rings (SSSR count). The number of nitrogens with one attached hydrogen (secondary N) is 1. The summed E-state index contributed by atoms with van der Waals surface area (Å²) in [5.74, 6) is -0.364. The van der Waals surface area contributed by atoms with Gasteiger partial charge in [0.1, 0.15) is 10.8 Å². The van der Waals surface area contributed by atoms with E-state index in [1.807, 2.05) is 36.6 Å². The Morgan fingerprint density at radius 2 is 1.85 bits per heavy atom. The summed E-state index contributed by atoms with van der Waals surface area (Å²) >= 11 is 1.35. The van der Waals surface area contributed by atoms with Crippen LogP contribution >= 0.6 is 11.3 Å². The first kappa shape index (κ1) is 18.7. The highest BCUT2D eigenvalue weighted by atomic mass is 32.2. The van der Waals surface area contributed by atoms with Gasteiger partial charge in [-0.1, -0.05) is 42.0 Å². The second-order valence-corrected chi connectivity index (χ2v) is 8.68. The minimum absolute atomic E-state index is 0.0508. The van der Waals surface area contributed by atoms with Crippen LogP contribution in [0.1, 0.15) is 16.8 Å². The van der Waals surface area contributed by atoms with Gasteiger partial charge in [-0.2, -0.15) is 0 Å². The van der Waals surface area contributed by atoms with Crippen LogP contribution in [0.15, 0.2) is 53.9 Å². The van der Waals surface area contributed by atoms with E-state index in [0.717, 1.165) is 16.8 Å². The van der Waals surface area contributed by atoms with Gasteiger partial charge in [-0.15, -0.1) is 11.3 Å². The van der Waals surface area contributed by atoms with E-state index in [4.69, 9.17) is 0 Å². The Balaban J connectivity index is 1.56. The maximum Gasteiger partial charge on any atom is 0.215 e. The van der Waals surface area contributed by atoms with Gasteiger partial charge in [0.25, 0.3) is 0 Å². The summed E-state index contributed by atoms with van der Waals surface area (Å²) < 4.78 is 40.7. The number of benzene rings is 2. The predicted octanol–water partition coefficient (Wildman–Crippen LogP) is 3.92. The van der Waals surface area contributed by atoms with Crippen LogP contribution in [0.2, 0.25) is 0 Å². The summed E-state index contributed by atoms with van der Waals surface area (Å²) in [7, 11) is -3.40. The van der Waals surface area contributed by atoms with E-state index in [2.05, 4.69) is 9.71 Å². The molecule has 0 spiro atoms. The highest BCUT2D eigenvalue weighted by Gasteiger charge is 2.12. The summed E-state index contributed by atoms with van der Waals surface area (Å²) in [5, 5.41) is 2.43. The first-order chi connectivity index (χ1) is 12.4. The molecule has 0 bridgehead atoms. The van der Waals surface area contributed by atoms with Crippen molar-refractivity contribution in [3.63, 3.8) is 0 Å². The SMILES string of the molecule is Cc1ccc(CS(=O)(=O)NCCc2csc(-c3ccccc3F)n2)cc1. The van der Waals surface area contributed by atoms with E-state index in [0.29, 0.717) is 17.0 Å². The van der Waals surface area contributed by atoms with Gasteiger partial charge < -0.3 is 0 Å². The van der Waals surface area contributed by atoms with Crippen LogP contribution in [0.5, 0.6) is 0 Å². The van der Waals surface area contributed by atoms with Crippen molar-refractivity contribution in [3.8, 4) is 10.6 Å². The molecule has 1 heterocycles. The van der Waals surface area contributed by atoms with Crippen molar-refractivity contribution in [1.29, 1.82) is 0 Å². The Labute approximate surface area is 156 Å². The van der Waals surface area contributed by atoms with Crippen molar-refractivity contribution >= 4 is 21.4 Å². The fourth-order valence-electron chi connectivity index (χ4n) is 2.47. The van der Waals surface area contributed by atoms with E-state index < -0.39 is 10.0 Å². The monoisotopic (exact) mass is 390 g/mol. The van der Waals surface area contributed by atoms with E-state index in [9.17, 15) is 12.8 Å². The topological polar surface area (TPSA) is 59.1 Å². The highest BCUT2D eigenvalue weighted by Crippen LogP contribution is 2.26. The van der Waals surface area contributed by atoms with Gasteiger partial charge >= 0.3 is 0 Å². The molecule has 7 heteroatoms. The zero-order valence-corrected chi connectivity index (χ0v) is 15.9. The first-order valence-corrected chi connectivity index (χ1v) is 10.7. The van der Waals surface area contributed by atoms with Gasteiger partial charge in [-0.25, -0.2) is 22.5 Å². The van der Waals surface area contributed by atoms with Crippen LogP contribution < -0.4 is 4.72 Å². The predicted molar refractivity (Wildman–Crippen MR) is 103 cm³/mol. The largest absolute Gasteiger partial charge is 0.241 e. The quantitative estimate of drug-likeness (QED) is 0.665. The average molecular weight is 391 g/mol. The van der Waals surface area contributed by atoms with Gasteiger partial charge in [0.15, 0.2) is 0 Å². The number of hydrogen-bond acceptors (Lipinski definition) is 4. The molecule has 0 fully saturated rings. The maximum absolute atomic E-state index is 13.8. The van der Waals surface area contributed by atoms with Gasteiger partial charge in [0.05, 0.1) is 11.4 Å². The molecule has 0 atom stereocenters. The lowest BCUT2D eigenvalue weighted by Gasteiger charge is -2.06. The molecule has 3 aromatic rings. The summed E-state index contributed by atoms with van der Waals surface area (Å²) in [6.45, 7) is 2.22. The normalized spacial score (nSPS) is 11.6. The minimum atomic E-state index is -3.40. The van der Waals surface area contributed by atoms with E-state index in [-0.39, 0.29) is 18.1 Å². The number of thiazole rings is 1. The molecule has 0 aliphatic carbocycles. The number of sulfonamides is 1. The van der Waals surface area contributed by atoms with Crippen molar-refractivity contribution in [3.05, 3.63) is 76.5 Å². The third-order valence-corrected chi connectivity index (χ3v) is 6.12. The number of halogens is 1. The highest BCUT2D eigenvalue weighted by molar-refractivity contribution is 7.88. The standard InChI is InChI=1S/C19H19FN2O2S2/c1-14-6-8-15(9-7-14)13-26(23,24)21-11-10-16-12-25-19(22-16)17-4-2-3-5-18(17)20/h2-9,12,21H,10-11,13H2,1H3. The molecular weight excluding hydrogens is 371 g/mol. The lowest BCUT2D eigenvalue weighted by Crippen LogP contribution is -2.27. The zero-order chi connectivity index (χ0) is 18.6. The third kappa shape index (κ3) is 4.97. The van der Waals surface area contributed by atoms with Crippen LogP contribution in [-0.2, 0) is 22.2 Å². The van der Waals surface area contributed by atoms with E-state index in [1.165, 1.54) is 17.4 Å². The van der Waals surface area contributed by atoms with Crippen LogP contribution in [0.4, 0.5) is 4.39 Å². The first-order valence-electron chi connectivity index (χ1n) is 8.15. The lowest BCUT2D eigenvalue weighted by molar-refractivity contribution is 0.580. The molecule has 1 N–H and O–H groups in total. The van der Waals surface area contributed by atoms with Crippen LogP contribution in [0, 0.1) is 12.7 Å². The summed E-state index contributed by atoms with van der Waals surface area (Å²) in [4.78, 5) is 4.40. The van der Waals surface area contributed by atoms with Gasteiger partial charge in [0, 0.05) is 23.9 Å². The molecule has 0 aliphatic heterocycles. The van der Waals surface area contributed by atoms with Gasteiger partial charge in [-0.05, 0) is 24.6 Å². The molecule has 2 aromatic carbocycles. The molecule has 0 aliphatic rings. The van der Waals surface area contributed by atoms with Crippen molar-refractivity contribution < 1.29 is 12.8 Å². The number of aromatic nitrogens is 1. The van der Waals surface area contributed by atoms with Gasteiger partial charge in [-0.3, -0.25) is 0 Å². The summed E-state index contributed by atoms with van der Waals surface area (Å²) in [6, 6.07) is 13.9. The second kappa shape index (κ2) is 8.07. The zero-order valence-electron chi connectivity index (χ0n) is 14.3. The molecule has 0 amide bonds. The summed E-state index contributed by atoms with van der Waals surface area (Å²) in [5.41, 5.74) is 3.04. The molecule has 0 unspecified atom stereocenters. The molecule has 4 nitrogen and oxygen atoms in total. The molecule has 0 radical (unpaired) electrons. The number of rotatable bonds is 7. The second-order valence-electron chi connectivity index (χ2n) is 6.01. The molecule has 0 saturated carbocycles. The van der Waals surface area contributed by atoms with Gasteiger partial charge in [0.2, 0.25) is 10.0 Å². The number of hydrogen-bond donors (Lipinski definition) is 1. The third-order valence-electron chi connectivity index (χ3n) is 3.84. The molecule has 26 heavy (non-hydrogen) atoms. The van der Waals surface area contributed by atoms with Crippen LogP contribution in [-0.4, -0.2) is 19.9 Å². The smallest absolute Gasteiger partial charge is 0.215 e. The van der Waals surface area contributed by atoms with Crippen LogP contribution in [0.25, 0.3) is 10.6 Å². The fraction of sp³-hybridized carbons (Fsp3) is 0.211. The Morgan fingerprint density at radius 1 is 1.12 bits per heavy atom. The van der Waals surface area contributed by atoms with Crippen molar-refractivity contribution in [2.75, 3.05) is 6.54 Å². The number of aryl methyl sites for hydroxylation is 1. The van der Waals surface area contributed by atoms with E-state index in [1.54, 1.807) is 18.2 Å². The molecule has 1 aromatic heterocycles. The molecule has 0 saturated heterocycles. The van der Waals surface area contributed by atoms with Crippen LogP contribution in [0.3, 0.4) is 0 Å². The Bertz CT molecular complexity index is 983. The molecular formula is C19H19FN2O2S2. The van der Waals surface area contributed by atoms with Crippen molar-refractivity contribution in [1.82, 2.24) is 9.71 Å². The lowest BCUT2D eigenvalue weighted by atomic mass is 10.2. The average Bonchev–Trinajstić information content (AvgIpc) is 3.05. The number of nitrogens with zero attached hydrogens (tertiary/aromatic N) is 1. The van der Waals surface area contributed by atoms with Crippen molar-refractivity contribution in [2.24, 2.45) is 0 Å². The summed E-state index contributed by atoms with van der Waals surface area (Å²) in [6.07, 6.45) is 0.456. The fourth-order valence-corrected chi connectivity index (χ4v) is 4.50. The van der Waals surface area contributed by atoms with Crippen molar-refractivity contribution in [2.45, 2.75) is 19.1 Å². The van der Waals surface area contributed by atoms with E-state index >= 15 is 0 Å². The Hall–Kier alpha value is -2.09. The molecule has 136 valence electrons. The minimum Gasteiger partial charge on any atom is -0.241 e. The maximum atomic E-state index is 13.8. The Morgan fingerprint density at radius 3 is 2.58 bits per heavy atom. The Kier molecular flexibility index (Phi) is 5.80.